The van der Waals surface area contributed by atoms with Gasteiger partial charge in [0.15, 0.2) is 0 Å². The highest BCUT2D eigenvalue weighted by molar-refractivity contribution is 9.10. The Morgan fingerprint density at radius 3 is 2.26 bits per heavy atom. The van der Waals surface area contributed by atoms with E-state index >= 15 is 0 Å². The summed E-state index contributed by atoms with van der Waals surface area (Å²) in [5.74, 6) is 0. The number of nitrogens with zero attached hydrogens (tertiary/aromatic N) is 2. The van der Waals surface area contributed by atoms with E-state index < -0.39 is 0 Å². The summed E-state index contributed by atoms with van der Waals surface area (Å²) in [4.78, 5) is 5.05. The molecule has 1 fully saturated rings. The summed E-state index contributed by atoms with van der Waals surface area (Å²) < 4.78 is 1.11. The van der Waals surface area contributed by atoms with E-state index in [9.17, 15) is 0 Å². The molecule has 0 N–H and O–H groups in total. The minimum absolute atomic E-state index is 0.316. The van der Waals surface area contributed by atoms with Crippen LogP contribution in [0.25, 0.3) is 0 Å². The molecule has 0 unspecified atom stereocenters. The van der Waals surface area contributed by atoms with Gasteiger partial charge in [-0.15, -0.1) is 0 Å². The average molecular weight is 442 g/mol. The molecule has 27 heavy (non-hydrogen) atoms. The lowest BCUT2D eigenvalue weighted by Crippen LogP contribution is -2.48. The molecular formula is C23H22BrClN2. The number of benzene rings is 3. The first-order chi connectivity index (χ1) is 13.2. The van der Waals surface area contributed by atoms with Gasteiger partial charge in [0.1, 0.15) is 0 Å². The van der Waals surface area contributed by atoms with Gasteiger partial charge in [0.25, 0.3) is 0 Å². The van der Waals surface area contributed by atoms with E-state index in [0.29, 0.717) is 6.04 Å². The summed E-state index contributed by atoms with van der Waals surface area (Å²) >= 11 is 9.66. The summed E-state index contributed by atoms with van der Waals surface area (Å²) in [7, 11) is 0. The molecule has 1 heterocycles. The quantitative estimate of drug-likeness (QED) is 0.478. The molecule has 1 atom stereocenters. The number of halogens is 2. The lowest BCUT2D eigenvalue weighted by atomic mass is 10.0. The number of rotatable bonds is 4. The maximum Gasteiger partial charge on any atom is 0.0670 e. The second kappa shape index (κ2) is 8.47. The highest BCUT2D eigenvalue weighted by Crippen LogP contribution is 2.32. The summed E-state index contributed by atoms with van der Waals surface area (Å²) in [5, 5.41) is 0.779. The second-order valence-electron chi connectivity index (χ2n) is 6.96. The van der Waals surface area contributed by atoms with E-state index in [4.69, 9.17) is 11.6 Å². The van der Waals surface area contributed by atoms with Crippen LogP contribution in [-0.4, -0.2) is 24.5 Å². The van der Waals surface area contributed by atoms with Gasteiger partial charge in [-0.2, -0.15) is 0 Å². The van der Waals surface area contributed by atoms with Crippen molar-refractivity contribution in [3.63, 3.8) is 0 Å². The first-order valence-corrected chi connectivity index (χ1v) is 10.4. The van der Waals surface area contributed by atoms with Crippen molar-refractivity contribution in [1.82, 2.24) is 4.90 Å². The zero-order valence-corrected chi connectivity index (χ0v) is 17.4. The van der Waals surface area contributed by atoms with E-state index in [1.54, 1.807) is 0 Å². The van der Waals surface area contributed by atoms with Crippen molar-refractivity contribution in [2.75, 3.05) is 24.5 Å². The molecule has 1 saturated heterocycles. The van der Waals surface area contributed by atoms with E-state index in [2.05, 4.69) is 92.5 Å². The molecule has 4 heteroatoms. The van der Waals surface area contributed by atoms with Crippen LogP contribution in [0.2, 0.25) is 5.02 Å². The first-order valence-electron chi connectivity index (χ1n) is 9.23. The van der Waals surface area contributed by atoms with Gasteiger partial charge in [0.2, 0.25) is 0 Å². The summed E-state index contributed by atoms with van der Waals surface area (Å²) in [6, 6.07) is 28.0. The Kier molecular flexibility index (Phi) is 5.82. The van der Waals surface area contributed by atoms with Gasteiger partial charge in [-0.1, -0.05) is 70.0 Å². The highest BCUT2D eigenvalue weighted by Gasteiger charge is 2.28. The molecule has 1 aliphatic heterocycles. The molecule has 3 aromatic carbocycles. The lowest BCUT2D eigenvalue weighted by Gasteiger charge is -2.43. The third-order valence-corrected chi connectivity index (χ3v) is 5.91. The van der Waals surface area contributed by atoms with Crippen LogP contribution in [0.15, 0.2) is 83.3 Å². The van der Waals surface area contributed by atoms with Crippen LogP contribution in [0.1, 0.15) is 17.2 Å². The van der Waals surface area contributed by atoms with Crippen molar-refractivity contribution in [3.05, 3.63) is 99.5 Å². The van der Waals surface area contributed by atoms with Crippen molar-refractivity contribution >= 4 is 33.2 Å². The molecule has 4 rings (SSSR count). The molecule has 138 valence electrons. The van der Waals surface area contributed by atoms with Crippen LogP contribution in [-0.2, 0) is 6.54 Å². The standard InChI is InChI=1S/C23H22BrClN2/c24-20-8-6-19(7-9-20)23-17-26(16-18-4-2-1-3-5-18)14-15-27(23)22-12-10-21(25)11-13-22/h1-13,23H,14-17H2/t23-/m0/s1. The van der Waals surface area contributed by atoms with Gasteiger partial charge in [0.05, 0.1) is 6.04 Å². The molecule has 3 aromatic rings. The Balaban J connectivity index is 1.60. The molecule has 1 aliphatic rings. The van der Waals surface area contributed by atoms with Crippen LogP contribution >= 0.6 is 27.5 Å². The van der Waals surface area contributed by atoms with Crippen LogP contribution in [0.3, 0.4) is 0 Å². The van der Waals surface area contributed by atoms with E-state index in [1.165, 1.54) is 16.8 Å². The van der Waals surface area contributed by atoms with Gasteiger partial charge in [-0.3, -0.25) is 4.90 Å². The van der Waals surface area contributed by atoms with Crippen molar-refractivity contribution in [3.8, 4) is 0 Å². The largest absolute Gasteiger partial charge is 0.362 e. The summed E-state index contributed by atoms with van der Waals surface area (Å²) in [6.45, 7) is 4.03. The van der Waals surface area contributed by atoms with Crippen molar-refractivity contribution in [1.29, 1.82) is 0 Å². The Morgan fingerprint density at radius 2 is 1.56 bits per heavy atom. The predicted molar refractivity (Wildman–Crippen MR) is 117 cm³/mol. The maximum absolute atomic E-state index is 6.10. The zero-order valence-electron chi connectivity index (χ0n) is 15.1. The smallest absolute Gasteiger partial charge is 0.0670 e. The predicted octanol–water partition coefficient (Wildman–Crippen LogP) is 6.17. The normalized spacial score (nSPS) is 17.9. The Hall–Kier alpha value is -1.81. The van der Waals surface area contributed by atoms with Crippen LogP contribution in [0.5, 0.6) is 0 Å². The molecule has 0 radical (unpaired) electrons. The molecule has 0 aliphatic carbocycles. The fourth-order valence-corrected chi connectivity index (χ4v) is 4.13. The van der Waals surface area contributed by atoms with Gasteiger partial charge in [0, 0.05) is 41.4 Å². The van der Waals surface area contributed by atoms with E-state index in [-0.39, 0.29) is 0 Å². The molecule has 0 spiro atoms. The third kappa shape index (κ3) is 4.55. The van der Waals surface area contributed by atoms with E-state index in [0.717, 1.165) is 35.7 Å². The molecular weight excluding hydrogens is 420 g/mol. The monoisotopic (exact) mass is 440 g/mol. The van der Waals surface area contributed by atoms with E-state index in [1.807, 2.05) is 12.1 Å². The van der Waals surface area contributed by atoms with Gasteiger partial charge >= 0.3 is 0 Å². The maximum atomic E-state index is 6.10. The van der Waals surface area contributed by atoms with Crippen LogP contribution in [0.4, 0.5) is 5.69 Å². The number of hydrogen-bond donors (Lipinski definition) is 0. The number of anilines is 1. The van der Waals surface area contributed by atoms with Crippen molar-refractivity contribution in [2.45, 2.75) is 12.6 Å². The van der Waals surface area contributed by atoms with Crippen LogP contribution < -0.4 is 4.90 Å². The number of piperazine rings is 1. The fraction of sp³-hybridized carbons (Fsp3) is 0.217. The lowest BCUT2D eigenvalue weighted by molar-refractivity contribution is 0.215. The van der Waals surface area contributed by atoms with Crippen LogP contribution in [0, 0.1) is 0 Å². The second-order valence-corrected chi connectivity index (χ2v) is 8.31. The number of hydrogen-bond acceptors (Lipinski definition) is 2. The minimum Gasteiger partial charge on any atom is -0.362 e. The van der Waals surface area contributed by atoms with Gasteiger partial charge in [-0.05, 0) is 47.5 Å². The average Bonchev–Trinajstić information content (AvgIpc) is 2.70. The zero-order chi connectivity index (χ0) is 18.6. The Bertz CT molecular complexity index is 865. The molecule has 0 saturated carbocycles. The first kappa shape index (κ1) is 18.5. The molecule has 0 amide bonds. The minimum atomic E-state index is 0.316. The highest BCUT2D eigenvalue weighted by atomic mass is 79.9. The fourth-order valence-electron chi connectivity index (χ4n) is 3.74. The van der Waals surface area contributed by atoms with Crippen molar-refractivity contribution < 1.29 is 0 Å². The Labute approximate surface area is 174 Å². The SMILES string of the molecule is Clc1ccc(N2CCN(Cc3ccccc3)C[C@H]2c2ccc(Br)cc2)cc1. The molecule has 0 bridgehead atoms. The topological polar surface area (TPSA) is 6.48 Å². The van der Waals surface area contributed by atoms with Gasteiger partial charge < -0.3 is 4.90 Å². The summed E-state index contributed by atoms with van der Waals surface area (Å²) in [5.41, 5.74) is 3.93. The molecule has 0 aromatic heterocycles. The molecule has 2 nitrogen and oxygen atoms in total. The summed E-state index contributed by atoms with van der Waals surface area (Å²) in [6.07, 6.45) is 0. The third-order valence-electron chi connectivity index (χ3n) is 5.13. The Morgan fingerprint density at radius 1 is 0.852 bits per heavy atom. The van der Waals surface area contributed by atoms with Crippen molar-refractivity contribution in [2.24, 2.45) is 0 Å². The van der Waals surface area contributed by atoms with Gasteiger partial charge in [-0.25, -0.2) is 0 Å².